The lowest BCUT2D eigenvalue weighted by molar-refractivity contribution is -0.117. The average molecular weight is 418 g/mol. The number of aromatic nitrogens is 4. The molecule has 150 valence electrons. The molecule has 0 atom stereocenters. The van der Waals surface area contributed by atoms with E-state index in [1.165, 1.54) is 12.1 Å². The van der Waals surface area contributed by atoms with Crippen molar-refractivity contribution in [3.05, 3.63) is 58.9 Å². The number of nitrogens with one attached hydrogen (secondary N) is 1. The van der Waals surface area contributed by atoms with Gasteiger partial charge in [0.15, 0.2) is 0 Å². The number of esters is 1. The third-order valence-electron chi connectivity index (χ3n) is 3.64. The summed E-state index contributed by atoms with van der Waals surface area (Å²) in [6.45, 7) is 3.32. The number of ether oxygens (including phenoxy) is 1. The van der Waals surface area contributed by atoms with E-state index in [0.717, 1.165) is 10.9 Å². The summed E-state index contributed by atoms with van der Waals surface area (Å²) in [6, 6.07) is 10.5. The Labute approximate surface area is 170 Å². The fourth-order valence-electron chi connectivity index (χ4n) is 2.40. The van der Waals surface area contributed by atoms with Gasteiger partial charge in [0.25, 0.3) is 0 Å². The highest BCUT2D eigenvalue weighted by molar-refractivity contribution is 6.31. The zero-order valence-electron chi connectivity index (χ0n) is 15.6. The summed E-state index contributed by atoms with van der Waals surface area (Å²) in [5.41, 5.74) is 1.26. The highest BCUT2D eigenvalue weighted by Crippen LogP contribution is 2.19. The summed E-state index contributed by atoms with van der Waals surface area (Å²) in [5, 5.41) is 14.4. The predicted molar refractivity (Wildman–Crippen MR) is 104 cm³/mol. The van der Waals surface area contributed by atoms with E-state index < -0.39 is 17.7 Å². The number of carbonyl (C=O) groups excluding carboxylic acids is 2. The van der Waals surface area contributed by atoms with Crippen molar-refractivity contribution in [2.24, 2.45) is 0 Å². The maximum atomic E-state index is 13.2. The number of hydrogen-bond donors (Lipinski definition) is 1. The molecule has 0 bridgehead atoms. The largest absolute Gasteiger partial charge is 0.459 e. The van der Waals surface area contributed by atoms with Crippen molar-refractivity contribution in [2.45, 2.75) is 26.5 Å². The Morgan fingerprint density at radius 2 is 2.03 bits per heavy atom. The number of carbonyl (C=O) groups is 2. The number of anilines is 1. The first-order chi connectivity index (χ1) is 13.8. The normalized spacial score (nSPS) is 10.8. The van der Waals surface area contributed by atoms with Gasteiger partial charge in [-0.2, -0.15) is 4.80 Å². The van der Waals surface area contributed by atoms with Gasteiger partial charge in [-0.25, -0.2) is 9.18 Å². The summed E-state index contributed by atoms with van der Waals surface area (Å²) in [5.74, 6) is -1.22. The van der Waals surface area contributed by atoms with Crippen LogP contribution in [-0.4, -0.2) is 38.2 Å². The molecule has 2 aromatic carbocycles. The molecule has 0 aliphatic rings. The molecule has 3 rings (SSSR count). The zero-order chi connectivity index (χ0) is 21.0. The Bertz CT molecular complexity index is 1050. The summed E-state index contributed by atoms with van der Waals surface area (Å²) in [4.78, 5) is 25.3. The van der Waals surface area contributed by atoms with Crippen LogP contribution in [0.5, 0.6) is 0 Å². The second-order valence-electron chi connectivity index (χ2n) is 6.36. The fraction of sp³-hybridized carbons (Fsp3) is 0.211. The third-order valence-corrected chi connectivity index (χ3v) is 3.93. The topological polar surface area (TPSA) is 99.0 Å². The predicted octanol–water partition coefficient (Wildman–Crippen LogP) is 3.34. The molecule has 0 fully saturated rings. The molecule has 0 aliphatic carbocycles. The molecular formula is C19H17ClFN5O3. The first-order valence-electron chi connectivity index (χ1n) is 8.66. The van der Waals surface area contributed by atoms with Crippen LogP contribution in [0.3, 0.4) is 0 Å². The molecule has 1 aromatic heterocycles. The van der Waals surface area contributed by atoms with E-state index >= 15 is 0 Å². The van der Waals surface area contributed by atoms with E-state index in [1.807, 2.05) is 0 Å². The second-order valence-corrected chi connectivity index (χ2v) is 6.76. The maximum Gasteiger partial charge on any atom is 0.338 e. The molecule has 1 heterocycles. The van der Waals surface area contributed by atoms with Gasteiger partial charge in [0.2, 0.25) is 11.7 Å². The van der Waals surface area contributed by atoms with Gasteiger partial charge in [-0.05, 0) is 49.4 Å². The highest BCUT2D eigenvalue weighted by Gasteiger charge is 2.14. The van der Waals surface area contributed by atoms with Crippen molar-refractivity contribution in [1.29, 1.82) is 0 Å². The standard InChI is InChI=1S/C19H17ClFN5O3/c1-11(2)29-19(28)13-5-3-4-12(8-13)18-23-25-26(24-18)10-17(27)22-14-6-7-16(21)15(20)9-14/h3-9,11H,10H2,1-2H3,(H,22,27). The summed E-state index contributed by atoms with van der Waals surface area (Å²) >= 11 is 5.69. The van der Waals surface area contributed by atoms with E-state index in [2.05, 4.69) is 20.7 Å². The zero-order valence-corrected chi connectivity index (χ0v) is 16.4. The number of hydrogen-bond acceptors (Lipinski definition) is 6. The van der Waals surface area contributed by atoms with Crippen LogP contribution >= 0.6 is 11.6 Å². The van der Waals surface area contributed by atoms with Crippen molar-refractivity contribution in [3.63, 3.8) is 0 Å². The van der Waals surface area contributed by atoms with Gasteiger partial charge in [0.05, 0.1) is 16.7 Å². The molecule has 1 amide bonds. The van der Waals surface area contributed by atoms with Gasteiger partial charge in [-0.15, -0.1) is 10.2 Å². The van der Waals surface area contributed by atoms with Gasteiger partial charge in [0, 0.05) is 11.3 Å². The monoisotopic (exact) mass is 417 g/mol. The van der Waals surface area contributed by atoms with Crippen molar-refractivity contribution in [2.75, 3.05) is 5.32 Å². The lowest BCUT2D eigenvalue weighted by Gasteiger charge is -2.08. The summed E-state index contributed by atoms with van der Waals surface area (Å²) < 4.78 is 18.4. The highest BCUT2D eigenvalue weighted by atomic mass is 35.5. The van der Waals surface area contributed by atoms with E-state index in [0.29, 0.717) is 16.8 Å². The van der Waals surface area contributed by atoms with Gasteiger partial charge < -0.3 is 10.1 Å². The molecule has 0 aliphatic heterocycles. The number of amides is 1. The lowest BCUT2D eigenvalue weighted by Crippen LogP contribution is -2.20. The molecule has 3 aromatic rings. The second kappa shape index (κ2) is 8.78. The minimum Gasteiger partial charge on any atom is -0.459 e. The Balaban J connectivity index is 1.68. The molecule has 29 heavy (non-hydrogen) atoms. The van der Waals surface area contributed by atoms with E-state index in [-0.39, 0.29) is 23.5 Å². The van der Waals surface area contributed by atoms with Crippen LogP contribution in [-0.2, 0) is 16.1 Å². The van der Waals surface area contributed by atoms with E-state index in [4.69, 9.17) is 16.3 Å². The van der Waals surface area contributed by atoms with Gasteiger partial charge in [-0.3, -0.25) is 4.79 Å². The number of rotatable bonds is 6. The van der Waals surface area contributed by atoms with Crippen molar-refractivity contribution in [3.8, 4) is 11.4 Å². The average Bonchev–Trinajstić information content (AvgIpc) is 3.12. The minimum atomic E-state index is -0.577. The van der Waals surface area contributed by atoms with Crippen molar-refractivity contribution < 1.29 is 18.7 Å². The quantitative estimate of drug-likeness (QED) is 0.617. The summed E-state index contributed by atoms with van der Waals surface area (Å²) in [7, 11) is 0. The first-order valence-corrected chi connectivity index (χ1v) is 9.04. The molecule has 8 nitrogen and oxygen atoms in total. The van der Waals surface area contributed by atoms with Gasteiger partial charge in [0.1, 0.15) is 12.4 Å². The molecule has 10 heteroatoms. The van der Waals surface area contributed by atoms with Crippen molar-refractivity contribution in [1.82, 2.24) is 20.2 Å². The first kappa shape index (κ1) is 20.4. The van der Waals surface area contributed by atoms with Crippen LogP contribution < -0.4 is 5.32 Å². The minimum absolute atomic E-state index is 0.0974. The van der Waals surface area contributed by atoms with Crippen LogP contribution in [0, 0.1) is 5.82 Å². The summed E-state index contributed by atoms with van der Waals surface area (Å²) in [6.07, 6.45) is -0.236. The number of benzene rings is 2. The smallest absolute Gasteiger partial charge is 0.338 e. The molecule has 1 N–H and O–H groups in total. The SMILES string of the molecule is CC(C)OC(=O)c1cccc(-c2nnn(CC(=O)Nc3ccc(F)c(Cl)c3)n2)c1. The molecule has 0 radical (unpaired) electrons. The van der Waals surface area contributed by atoms with E-state index in [1.54, 1.807) is 38.1 Å². The van der Waals surface area contributed by atoms with Crippen molar-refractivity contribution >= 4 is 29.2 Å². The Morgan fingerprint density at radius 1 is 1.24 bits per heavy atom. The molecule has 0 saturated carbocycles. The lowest BCUT2D eigenvalue weighted by atomic mass is 10.1. The Kier molecular flexibility index (Phi) is 6.18. The third kappa shape index (κ3) is 5.35. The van der Waals surface area contributed by atoms with Gasteiger partial charge in [-0.1, -0.05) is 23.7 Å². The van der Waals surface area contributed by atoms with Crippen LogP contribution in [0.4, 0.5) is 10.1 Å². The van der Waals surface area contributed by atoms with Crippen LogP contribution in [0.1, 0.15) is 24.2 Å². The molecule has 0 saturated heterocycles. The molecular weight excluding hydrogens is 401 g/mol. The number of tetrazole rings is 1. The fourth-order valence-corrected chi connectivity index (χ4v) is 2.58. The van der Waals surface area contributed by atoms with Crippen LogP contribution in [0.15, 0.2) is 42.5 Å². The van der Waals surface area contributed by atoms with E-state index in [9.17, 15) is 14.0 Å². The van der Waals surface area contributed by atoms with Gasteiger partial charge >= 0.3 is 5.97 Å². The Morgan fingerprint density at radius 3 is 2.76 bits per heavy atom. The molecule has 0 unspecified atom stereocenters. The van der Waals surface area contributed by atoms with Crippen LogP contribution in [0.2, 0.25) is 5.02 Å². The maximum absolute atomic E-state index is 13.2. The Hall–Kier alpha value is -3.33. The number of nitrogens with zero attached hydrogens (tertiary/aromatic N) is 4. The number of halogens is 2. The molecule has 0 spiro atoms. The van der Waals surface area contributed by atoms with Crippen LogP contribution in [0.25, 0.3) is 11.4 Å².